The van der Waals surface area contributed by atoms with Crippen molar-refractivity contribution in [1.29, 1.82) is 0 Å². The second-order valence-corrected chi connectivity index (χ2v) is 8.12. The van der Waals surface area contributed by atoms with Gasteiger partial charge in [0.1, 0.15) is 11.2 Å². The summed E-state index contributed by atoms with van der Waals surface area (Å²) < 4.78 is 27.2. The van der Waals surface area contributed by atoms with Gasteiger partial charge in [-0.2, -0.15) is 5.10 Å². The zero-order valence-electron chi connectivity index (χ0n) is 13.7. The molecular weight excluding hydrogens is 362 g/mol. The summed E-state index contributed by atoms with van der Waals surface area (Å²) >= 11 is 1.05. The molecule has 3 aromatic rings. The van der Waals surface area contributed by atoms with Crippen molar-refractivity contribution in [3.8, 4) is 10.8 Å². The normalized spacial score (nSPS) is 11.5. The topological polar surface area (TPSA) is 118 Å². The number of rotatable bonds is 4. The maximum absolute atomic E-state index is 12.6. The second kappa shape index (κ2) is 6.37. The third kappa shape index (κ3) is 3.44. The first-order chi connectivity index (χ1) is 11.8. The van der Waals surface area contributed by atoms with Crippen molar-refractivity contribution < 1.29 is 13.2 Å². The van der Waals surface area contributed by atoms with Crippen LogP contribution in [0.4, 0.5) is 0 Å². The van der Waals surface area contributed by atoms with E-state index in [4.69, 9.17) is 0 Å². The summed E-state index contributed by atoms with van der Waals surface area (Å²) in [4.78, 5) is 21.0. The van der Waals surface area contributed by atoms with E-state index in [1.807, 2.05) is 6.07 Å². The Morgan fingerprint density at radius 3 is 2.68 bits per heavy atom. The molecule has 0 spiro atoms. The Morgan fingerprint density at radius 2 is 2.00 bits per heavy atom. The zero-order valence-corrected chi connectivity index (χ0v) is 15.3. The molecule has 2 N–H and O–H groups in total. The fraction of sp³-hybridized carbons (Fsp3) is 0.200. The molecule has 25 heavy (non-hydrogen) atoms. The average molecular weight is 377 g/mol. The van der Waals surface area contributed by atoms with Gasteiger partial charge in [0.2, 0.25) is 0 Å². The van der Waals surface area contributed by atoms with Crippen LogP contribution >= 0.6 is 11.3 Å². The Morgan fingerprint density at radius 1 is 1.24 bits per heavy atom. The van der Waals surface area contributed by atoms with E-state index >= 15 is 0 Å². The van der Waals surface area contributed by atoms with E-state index in [1.54, 1.807) is 26.8 Å². The Kier molecular flexibility index (Phi) is 4.39. The van der Waals surface area contributed by atoms with E-state index in [0.717, 1.165) is 16.9 Å². The fourth-order valence-corrected chi connectivity index (χ4v) is 4.50. The molecule has 10 heteroatoms. The average Bonchev–Trinajstić information content (AvgIpc) is 3.18. The van der Waals surface area contributed by atoms with E-state index in [-0.39, 0.29) is 9.77 Å². The summed E-state index contributed by atoms with van der Waals surface area (Å²) in [6.07, 6.45) is 1.33. The number of sulfonamides is 1. The van der Waals surface area contributed by atoms with Crippen molar-refractivity contribution in [3.05, 3.63) is 46.2 Å². The Balaban J connectivity index is 1.91. The van der Waals surface area contributed by atoms with Gasteiger partial charge in [0, 0.05) is 0 Å². The van der Waals surface area contributed by atoms with E-state index in [9.17, 15) is 13.2 Å². The van der Waals surface area contributed by atoms with Crippen LogP contribution in [0.1, 0.15) is 26.5 Å². The molecular formula is C15H15N5O3S2. The van der Waals surface area contributed by atoms with Gasteiger partial charge in [0.05, 0.1) is 10.6 Å². The molecule has 130 valence electrons. The number of nitrogens with one attached hydrogen (secondary N) is 2. The van der Waals surface area contributed by atoms with Gasteiger partial charge in [-0.3, -0.25) is 9.89 Å². The largest absolute Gasteiger partial charge is 0.277 e. The minimum atomic E-state index is -3.98. The molecule has 0 fully saturated rings. The third-order valence-corrected chi connectivity index (χ3v) is 6.12. The molecule has 0 aliphatic carbocycles. The number of benzene rings is 1. The van der Waals surface area contributed by atoms with Crippen molar-refractivity contribution in [2.24, 2.45) is 0 Å². The lowest BCUT2D eigenvalue weighted by Gasteiger charge is -2.09. The molecule has 0 aliphatic rings. The number of carbonyl (C=O) groups is 1. The van der Waals surface area contributed by atoms with E-state index in [0.29, 0.717) is 22.1 Å². The van der Waals surface area contributed by atoms with Crippen molar-refractivity contribution in [3.63, 3.8) is 0 Å². The highest BCUT2D eigenvalue weighted by molar-refractivity contribution is 7.90. The first kappa shape index (κ1) is 17.2. The number of aryl methyl sites for hydroxylation is 3. The third-order valence-electron chi connectivity index (χ3n) is 3.48. The smallest absolute Gasteiger partial charge is 0.267 e. The number of aromatic nitrogens is 4. The molecule has 1 amide bonds. The molecule has 2 aromatic heterocycles. The van der Waals surface area contributed by atoms with Crippen LogP contribution in [0.25, 0.3) is 10.8 Å². The van der Waals surface area contributed by atoms with Gasteiger partial charge >= 0.3 is 0 Å². The molecule has 0 aliphatic heterocycles. The Labute approximate surface area is 148 Å². The predicted octanol–water partition coefficient (Wildman–Crippen LogP) is 1.97. The number of hydrogen-bond donors (Lipinski definition) is 2. The molecule has 1 aromatic carbocycles. The van der Waals surface area contributed by atoms with Crippen molar-refractivity contribution in [1.82, 2.24) is 24.9 Å². The maximum atomic E-state index is 12.6. The van der Waals surface area contributed by atoms with Crippen LogP contribution in [0, 0.1) is 20.8 Å². The SMILES string of the molecule is Cc1ccc(C)c(S(=O)(=O)NC(=O)c2sc(-c3ncn[nH]3)nc2C)c1. The summed E-state index contributed by atoms with van der Waals surface area (Å²) in [5, 5.41) is 6.85. The molecule has 0 atom stereocenters. The molecule has 0 bridgehead atoms. The first-order valence-corrected chi connectivity index (χ1v) is 9.55. The monoisotopic (exact) mass is 377 g/mol. The fourth-order valence-electron chi connectivity index (χ4n) is 2.24. The van der Waals surface area contributed by atoms with Gasteiger partial charge < -0.3 is 0 Å². The number of nitrogens with zero attached hydrogens (tertiary/aromatic N) is 3. The summed E-state index contributed by atoms with van der Waals surface area (Å²) in [6.45, 7) is 5.10. The maximum Gasteiger partial charge on any atom is 0.277 e. The van der Waals surface area contributed by atoms with Crippen LogP contribution in [0.5, 0.6) is 0 Å². The van der Waals surface area contributed by atoms with Crippen LogP contribution in [0.15, 0.2) is 29.4 Å². The molecule has 3 rings (SSSR count). The van der Waals surface area contributed by atoms with E-state index in [2.05, 4.69) is 24.9 Å². The van der Waals surface area contributed by atoms with E-state index < -0.39 is 15.9 Å². The van der Waals surface area contributed by atoms with Crippen molar-refractivity contribution in [2.75, 3.05) is 0 Å². The Bertz CT molecular complexity index is 1040. The quantitative estimate of drug-likeness (QED) is 0.718. The second-order valence-electron chi connectivity index (χ2n) is 5.47. The molecule has 2 heterocycles. The van der Waals surface area contributed by atoms with Gasteiger partial charge in [-0.05, 0) is 38.0 Å². The summed E-state index contributed by atoms with van der Waals surface area (Å²) in [7, 11) is -3.98. The summed E-state index contributed by atoms with van der Waals surface area (Å²) in [6, 6.07) is 5.05. The van der Waals surface area contributed by atoms with Crippen LogP contribution in [0.2, 0.25) is 0 Å². The van der Waals surface area contributed by atoms with Gasteiger partial charge in [0.15, 0.2) is 10.8 Å². The predicted molar refractivity (Wildman–Crippen MR) is 92.8 cm³/mol. The number of carbonyl (C=O) groups excluding carboxylic acids is 1. The minimum Gasteiger partial charge on any atom is -0.267 e. The molecule has 0 saturated heterocycles. The number of hydrogen-bond acceptors (Lipinski definition) is 7. The number of amides is 1. The van der Waals surface area contributed by atoms with Crippen molar-refractivity contribution in [2.45, 2.75) is 25.7 Å². The summed E-state index contributed by atoms with van der Waals surface area (Å²) in [5.41, 5.74) is 1.78. The zero-order chi connectivity index (χ0) is 18.2. The van der Waals surface area contributed by atoms with E-state index in [1.165, 1.54) is 12.4 Å². The standard InChI is InChI=1S/C15H15N5O3S2/c1-8-4-5-9(2)11(6-8)25(22,23)20-14(21)12-10(3)18-15(24-12)13-16-7-17-19-13/h4-7H,1-3H3,(H,20,21)(H,16,17,19). The highest BCUT2D eigenvalue weighted by atomic mass is 32.2. The summed E-state index contributed by atoms with van der Waals surface area (Å²) in [5.74, 6) is -0.300. The minimum absolute atomic E-state index is 0.0819. The lowest BCUT2D eigenvalue weighted by molar-refractivity contribution is 0.0984. The lowest BCUT2D eigenvalue weighted by atomic mass is 10.2. The molecule has 8 nitrogen and oxygen atoms in total. The molecule has 0 saturated carbocycles. The van der Waals surface area contributed by atoms with Crippen molar-refractivity contribution >= 4 is 27.3 Å². The van der Waals surface area contributed by atoms with Crippen LogP contribution in [-0.4, -0.2) is 34.5 Å². The van der Waals surface area contributed by atoms with Crippen LogP contribution in [0.3, 0.4) is 0 Å². The van der Waals surface area contributed by atoms with Gasteiger partial charge in [-0.1, -0.05) is 12.1 Å². The van der Waals surface area contributed by atoms with Gasteiger partial charge in [-0.25, -0.2) is 23.1 Å². The Hall–Kier alpha value is -2.59. The highest BCUT2D eigenvalue weighted by Gasteiger charge is 2.24. The lowest BCUT2D eigenvalue weighted by Crippen LogP contribution is -2.31. The van der Waals surface area contributed by atoms with Gasteiger partial charge in [-0.15, -0.1) is 11.3 Å². The number of H-pyrrole nitrogens is 1. The van der Waals surface area contributed by atoms with Gasteiger partial charge in [0.25, 0.3) is 15.9 Å². The highest BCUT2D eigenvalue weighted by Crippen LogP contribution is 2.25. The molecule has 0 radical (unpaired) electrons. The van der Waals surface area contributed by atoms with Crippen LogP contribution < -0.4 is 4.72 Å². The molecule has 0 unspecified atom stereocenters. The number of thiazole rings is 1. The van der Waals surface area contributed by atoms with Crippen LogP contribution in [-0.2, 0) is 10.0 Å². The number of aromatic amines is 1. The first-order valence-electron chi connectivity index (χ1n) is 7.25.